The van der Waals surface area contributed by atoms with E-state index in [4.69, 9.17) is 0 Å². The first kappa shape index (κ1) is 15.3. The maximum atomic E-state index is 2.41. The van der Waals surface area contributed by atoms with Gasteiger partial charge in [-0.3, -0.25) is 0 Å². The molecule has 0 fully saturated rings. The summed E-state index contributed by atoms with van der Waals surface area (Å²) >= 11 is 0. The zero-order valence-corrected chi connectivity index (χ0v) is 13.4. The zero-order chi connectivity index (χ0) is 14.0. The second-order valence-corrected chi connectivity index (χ2v) is 7.52. The van der Waals surface area contributed by atoms with Crippen molar-refractivity contribution in [3.8, 4) is 0 Å². The first-order chi connectivity index (χ1) is 8.14. The third-order valence-electron chi connectivity index (χ3n) is 3.54. The normalized spacial score (nSPS) is 12.8. The fourth-order valence-corrected chi connectivity index (χ4v) is 2.08. The Bertz CT molecular complexity index is 353. The van der Waals surface area contributed by atoms with Gasteiger partial charge in [-0.25, -0.2) is 0 Å². The highest BCUT2D eigenvalue weighted by Gasteiger charge is 2.20. The SMILES string of the molecule is CCCCc1cc(C(C)(C)C)cc(C(C)(C)C)c1. The van der Waals surface area contributed by atoms with E-state index in [1.807, 2.05) is 0 Å². The van der Waals surface area contributed by atoms with Crippen molar-refractivity contribution in [3.63, 3.8) is 0 Å². The summed E-state index contributed by atoms with van der Waals surface area (Å²) in [6.07, 6.45) is 3.77. The lowest BCUT2D eigenvalue weighted by Gasteiger charge is -2.26. The van der Waals surface area contributed by atoms with Gasteiger partial charge in [0, 0.05) is 0 Å². The Hall–Kier alpha value is -0.780. The summed E-state index contributed by atoms with van der Waals surface area (Å²) in [6, 6.07) is 7.21. The number of unbranched alkanes of at least 4 members (excludes halogenated alkanes) is 1. The van der Waals surface area contributed by atoms with E-state index in [1.54, 1.807) is 0 Å². The molecule has 0 aliphatic rings. The molecule has 0 heteroatoms. The lowest BCUT2D eigenvalue weighted by Crippen LogP contribution is -2.17. The molecular weight excluding hydrogens is 216 g/mol. The molecule has 0 radical (unpaired) electrons. The Kier molecular flexibility index (Phi) is 4.64. The fourth-order valence-electron chi connectivity index (χ4n) is 2.08. The second kappa shape index (κ2) is 5.47. The minimum Gasteiger partial charge on any atom is -0.0654 e. The van der Waals surface area contributed by atoms with Gasteiger partial charge in [0.05, 0.1) is 0 Å². The topological polar surface area (TPSA) is 0 Å². The van der Waals surface area contributed by atoms with Crippen LogP contribution in [0, 0.1) is 0 Å². The summed E-state index contributed by atoms with van der Waals surface area (Å²) < 4.78 is 0. The van der Waals surface area contributed by atoms with Crippen molar-refractivity contribution in [2.75, 3.05) is 0 Å². The van der Waals surface area contributed by atoms with Gasteiger partial charge in [-0.1, -0.05) is 73.1 Å². The van der Waals surface area contributed by atoms with Crippen molar-refractivity contribution in [3.05, 3.63) is 34.9 Å². The molecule has 0 bridgehead atoms. The van der Waals surface area contributed by atoms with Gasteiger partial charge >= 0.3 is 0 Å². The van der Waals surface area contributed by atoms with Crippen molar-refractivity contribution >= 4 is 0 Å². The number of benzene rings is 1. The van der Waals surface area contributed by atoms with Crippen LogP contribution in [0.15, 0.2) is 18.2 Å². The maximum Gasteiger partial charge on any atom is -0.0132 e. The van der Waals surface area contributed by atoms with Gasteiger partial charge in [-0.05, 0) is 40.4 Å². The number of rotatable bonds is 3. The van der Waals surface area contributed by atoms with Crippen LogP contribution < -0.4 is 0 Å². The van der Waals surface area contributed by atoms with E-state index in [1.165, 1.54) is 36.0 Å². The highest BCUT2D eigenvalue weighted by Crippen LogP contribution is 2.30. The lowest BCUT2D eigenvalue weighted by atomic mass is 9.79. The molecule has 0 N–H and O–H groups in total. The summed E-state index contributed by atoms with van der Waals surface area (Å²) in [5, 5.41) is 0. The summed E-state index contributed by atoms with van der Waals surface area (Å²) in [5.74, 6) is 0. The second-order valence-electron chi connectivity index (χ2n) is 7.52. The smallest absolute Gasteiger partial charge is 0.0132 e. The molecule has 0 saturated heterocycles. The Morgan fingerprint density at radius 1 is 0.778 bits per heavy atom. The van der Waals surface area contributed by atoms with Crippen LogP contribution in [-0.2, 0) is 17.3 Å². The maximum absolute atomic E-state index is 2.41. The molecule has 1 aromatic carbocycles. The van der Waals surface area contributed by atoms with E-state index in [-0.39, 0.29) is 10.8 Å². The fraction of sp³-hybridized carbons (Fsp3) is 0.667. The van der Waals surface area contributed by atoms with Crippen LogP contribution in [0.1, 0.15) is 78.0 Å². The van der Waals surface area contributed by atoms with E-state index < -0.39 is 0 Å². The molecule has 1 aromatic rings. The summed E-state index contributed by atoms with van der Waals surface area (Å²) in [7, 11) is 0. The first-order valence-electron chi connectivity index (χ1n) is 7.29. The van der Waals surface area contributed by atoms with Gasteiger partial charge in [-0.2, -0.15) is 0 Å². The molecular formula is C18H30. The number of aryl methyl sites for hydroxylation is 1. The van der Waals surface area contributed by atoms with Crippen molar-refractivity contribution < 1.29 is 0 Å². The third kappa shape index (κ3) is 4.15. The number of hydrogen-bond donors (Lipinski definition) is 0. The van der Waals surface area contributed by atoms with Crippen molar-refractivity contribution in [1.82, 2.24) is 0 Å². The van der Waals surface area contributed by atoms with Crippen molar-refractivity contribution in [2.24, 2.45) is 0 Å². The van der Waals surface area contributed by atoms with E-state index in [9.17, 15) is 0 Å². The lowest BCUT2D eigenvalue weighted by molar-refractivity contribution is 0.566. The molecule has 0 spiro atoms. The molecule has 0 nitrogen and oxygen atoms in total. The minimum atomic E-state index is 0.238. The summed E-state index contributed by atoms with van der Waals surface area (Å²) in [6.45, 7) is 16.1. The average Bonchev–Trinajstić information content (AvgIpc) is 2.23. The van der Waals surface area contributed by atoms with E-state index in [2.05, 4.69) is 66.7 Å². The van der Waals surface area contributed by atoms with Crippen LogP contribution in [0.3, 0.4) is 0 Å². The molecule has 0 amide bonds. The number of hydrogen-bond acceptors (Lipinski definition) is 0. The van der Waals surface area contributed by atoms with Gasteiger partial charge < -0.3 is 0 Å². The van der Waals surface area contributed by atoms with E-state index in [0.717, 1.165) is 0 Å². The average molecular weight is 246 g/mol. The van der Waals surface area contributed by atoms with Crippen LogP contribution in [-0.4, -0.2) is 0 Å². The van der Waals surface area contributed by atoms with Gasteiger partial charge in [0.25, 0.3) is 0 Å². The zero-order valence-electron chi connectivity index (χ0n) is 13.4. The molecule has 0 atom stereocenters. The Labute approximate surface area is 114 Å². The molecule has 18 heavy (non-hydrogen) atoms. The van der Waals surface area contributed by atoms with Crippen LogP contribution in [0.4, 0.5) is 0 Å². The molecule has 0 saturated carbocycles. The van der Waals surface area contributed by atoms with Gasteiger partial charge in [0.2, 0.25) is 0 Å². The quantitative estimate of drug-likeness (QED) is 0.649. The molecule has 0 aliphatic carbocycles. The molecule has 1 rings (SSSR count). The molecule has 102 valence electrons. The Morgan fingerprint density at radius 3 is 1.56 bits per heavy atom. The highest BCUT2D eigenvalue weighted by atomic mass is 14.2. The van der Waals surface area contributed by atoms with Gasteiger partial charge in [-0.15, -0.1) is 0 Å². The molecule has 0 aliphatic heterocycles. The highest BCUT2D eigenvalue weighted by molar-refractivity contribution is 5.37. The van der Waals surface area contributed by atoms with Crippen molar-refractivity contribution in [2.45, 2.75) is 78.6 Å². The predicted molar refractivity (Wildman–Crippen MR) is 82.5 cm³/mol. The Balaban J connectivity index is 3.21. The van der Waals surface area contributed by atoms with Crippen LogP contribution >= 0.6 is 0 Å². The van der Waals surface area contributed by atoms with E-state index >= 15 is 0 Å². The van der Waals surface area contributed by atoms with Gasteiger partial charge in [0.15, 0.2) is 0 Å². The summed E-state index contributed by atoms with van der Waals surface area (Å²) in [4.78, 5) is 0. The van der Waals surface area contributed by atoms with Crippen molar-refractivity contribution in [1.29, 1.82) is 0 Å². The standard InChI is InChI=1S/C18H30/c1-8-9-10-14-11-15(17(2,3)4)13-16(12-14)18(5,6)7/h11-13H,8-10H2,1-7H3. The third-order valence-corrected chi connectivity index (χ3v) is 3.54. The van der Waals surface area contributed by atoms with Gasteiger partial charge in [0.1, 0.15) is 0 Å². The van der Waals surface area contributed by atoms with E-state index in [0.29, 0.717) is 0 Å². The molecule has 0 unspecified atom stereocenters. The minimum absolute atomic E-state index is 0.238. The van der Waals surface area contributed by atoms with Crippen LogP contribution in [0.5, 0.6) is 0 Å². The molecule has 0 aromatic heterocycles. The van der Waals surface area contributed by atoms with Crippen LogP contribution in [0.2, 0.25) is 0 Å². The Morgan fingerprint density at radius 2 is 1.22 bits per heavy atom. The first-order valence-corrected chi connectivity index (χ1v) is 7.29. The molecule has 0 heterocycles. The van der Waals surface area contributed by atoms with Crippen LogP contribution in [0.25, 0.3) is 0 Å². The summed E-state index contributed by atoms with van der Waals surface area (Å²) in [5.41, 5.74) is 4.93. The largest absolute Gasteiger partial charge is 0.0654 e. The monoisotopic (exact) mass is 246 g/mol. The predicted octanol–water partition coefficient (Wildman–Crippen LogP) is 5.62.